The SMILES string of the molecule is CO[C@H]1C[C@@H]2CC[C@@H](C)[C@@](O)(O2)C(=O)C(=O)N2CCCC[C@H]2C(=O)O[C@H]([C@H](C)CC2CC[C@H](OC(=O)N[C@@H](C)CO)[C@@H](OC)C2)CC(=O)[C@H](C)/C=C(\C)[C@@H](O)[C@@H](OC)C(=O)[C@H](C)C[C@H](C)\C=C/C=C/C=C/1C. The minimum absolute atomic E-state index is 0.000230. The number of methoxy groups -OCH3 is 3. The number of Topliss-reactive ketones (excluding diaryl/α,β-unsaturated/α-hetero) is 3. The van der Waals surface area contributed by atoms with Gasteiger partial charge in [-0.25, -0.2) is 9.59 Å². The van der Waals surface area contributed by atoms with Crippen LogP contribution in [0.5, 0.6) is 0 Å². The fraction of sp³-hybridized carbons (Fsp3) is 0.745. The number of piperidine rings is 1. The molecular weight excluding hydrogens is 929 g/mol. The summed E-state index contributed by atoms with van der Waals surface area (Å²) in [5.41, 5.74) is 1.23. The van der Waals surface area contributed by atoms with E-state index in [0.29, 0.717) is 69.8 Å². The quantitative estimate of drug-likeness (QED) is 0.113. The summed E-state index contributed by atoms with van der Waals surface area (Å²) in [6.45, 7) is 14.0. The van der Waals surface area contributed by atoms with Crippen molar-refractivity contribution >= 4 is 35.3 Å². The second-order valence-electron chi connectivity index (χ2n) is 21.2. The first kappa shape index (κ1) is 60.5. The van der Waals surface area contributed by atoms with E-state index in [-0.39, 0.29) is 49.4 Å². The van der Waals surface area contributed by atoms with Crippen molar-refractivity contribution in [2.75, 3.05) is 34.5 Å². The Morgan fingerprint density at radius 1 is 0.875 bits per heavy atom. The molecule has 4 aliphatic rings. The van der Waals surface area contributed by atoms with Crippen LogP contribution >= 0.6 is 0 Å². The number of alkyl carbamates (subject to hydrolysis) is 1. The Morgan fingerprint density at radius 3 is 2.26 bits per heavy atom. The van der Waals surface area contributed by atoms with E-state index in [1.807, 2.05) is 51.2 Å². The number of fused-ring (bicyclic) bond motifs is 3. The number of amides is 2. The summed E-state index contributed by atoms with van der Waals surface area (Å²) in [6.07, 6.45) is 9.69. The lowest BCUT2D eigenvalue weighted by atomic mass is 9.78. The molecule has 2 saturated heterocycles. The second kappa shape index (κ2) is 28.5. The molecule has 3 heterocycles. The summed E-state index contributed by atoms with van der Waals surface area (Å²) in [4.78, 5) is 84.9. The fourth-order valence-corrected chi connectivity index (χ4v) is 10.7. The first-order chi connectivity index (χ1) is 34.1. The van der Waals surface area contributed by atoms with Crippen molar-refractivity contribution in [3.05, 3.63) is 47.6 Å². The van der Waals surface area contributed by atoms with Crippen LogP contribution in [0.4, 0.5) is 4.79 Å². The van der Waals surface area contributed by atoms with Crippen LogP contribution in [-0.2, 0) is 52.4 Å². The average molecular weight is 1020 g/mol. The molecule has 0 aromatic heterocycles. The Hall–Kier alpha value is -4.10. The molecule has 3 fully saturated rings. The van der Waals surface area contributed by atoms with Crippen LogP contribution in [0.2, 0.25) is 0 Å². The predicted molar refractivity (Wildman–Crippen MR) is 269 cm³/mol. The third kappa shape index (κ3) is 16.4. The van der Waals surface area contributed by atoms with E-state index in [1.165, 1.54) is 19.1 Å². The van der Waals surface area contributed by atoms with Crippen LogP contribution < -0.4 is 5.32 Å². The van der Waals surface area contributed by atoms with Gasteiger partial charge in [-0.05, 0) is 114 Å². The molecule has 1 unspecified atom stereocenters. The molecule has 1 aliphatic carbocycles. The van der Waals surface area contributed by atoms with Crippen molar-refractivity contribution in [2.24, 2.45) is 35.5 Å². The zero-order chi connectivity index (χ0) is 53.4. The van der Waals surface area contributed by atoms with Gasteiger partial charge in [-0.1, -0.05) is 71.1 Å². The van der Waals surface area contributed by atoms with Crippen molar-refractivity contribution < 1.29 is 72.5 Å². The largest absolute Gasteiger partial charge is 0.460 e. The molecule has 3 aliphatic heterocycles. The number of carbonyl (C=O) groups excluding carboxylic acids is 6. The van der Waals surface area contributed by atoms with Crippen LogP contribution in [0.3, 0.4) is 0 Å². The van der Waals surface area contributed by atoms with E-state index in [1.54, 1.807) is 47.8 Å². The first-order valence-corrected chi connectivity index (χ1v) is 26.2. The van der Waals surface area contributed by atoms with E-state index in [0.717, 1.165) is 5.57 Å². The number of nitrogens with zero attached hydrogens (tertiary/aromatic N) is 1. The first-order valence-electron chi connectivity index (χ1n) is 26.2. The monoisotopic (exact) mass is 1010 g/mol. The number of aliphatic hydroxyl groups excluding tert-OH is 2. The summed E-state index contributed by atoms with van der Waals surface area (Å²) >= 11 is 0. The third-order valence-electron chi connectivity index (χ3n) is 15.3. The number of hydrogen-bond donors (Lipinski definition) is 4. The van der Waals surface area contributed by atoms with Gasteiger partial charge in [-0.15, -0.1) is 0 Å². The van der Waals surface area contributed by atoms with Crippen molar-refractivity contribution in [2.45, 2.75) is 193 Å². The van der Waals surface area contributed by atoms with E-state index in [2.05, 4.69) is 5.32 Å². The lowest BCUT2D eigenvalue weighted by molar-refractivity contribution is -0.265. The van der Waals surface area contributed by atoms with Crippen molar-refractivity contribution in [3.63, 3.8) is 0 Å². The molecule has 17 heteroatoms. The highest BCUT2D eigenvalue weighted by Crippen LogP contribution is 2.38. The lowest BCUT2D eigenvalue weighted by Crippen LogP contribution is -2.61. The van der Waals surface area contributed by atoms with Gasteiger partial charge in [0.1, 0.15) is 36.2 Å². The maximum absolute atomic E-state index is 14.5. The van der Waals surface area contributed by atoms with E-state index < -0.39 is 108 Å². The van der Waals surface area contributed by atoms with Gasteiger partial charge >= 0.3 is 12.1 Å². The number of ketones is 3. The number of allylic oxidation sites excluding steroid dienone is 6. The number of rotatable bonds is 9. The summed E-state index contributed by atoms with van der Waals surface area (Å²) in [5.74, 6) is -8.42. The zero-order valence-corrected chi connectivity index (χ0v) is 44.7. The molecule has 16 atom stereocenters. The minimum Gasteiger partial charge on any atom is -0.460 e. The molecule has 2 bridgehead atoms. The number of hydrogen-bond acceptors (Lipinski definition) is 15. The number of aliphatic hydroxyl groups is 3. The predicted octanol–water partition coefficient (Wildman–Crippen LogP) is 6.30. The fourth-order valence-electron chi connectivity index (χ4n) is 10.7. The van der Waals surface area contributed by atoms with Gasteiger partial charge in [0.05, 0.1) is 31.0 Å². The standard InChI is InChI=1S/C55H86N2O15/c1-32-17-13-12-14-18-33(2)45(67-9)29-41-22-20-38(7)55(66,72-41)51(62)52(63)57-24-16-15-19-42(57)53(64)70-46(30-43(59)34(3)26-37(6)49(61)50(69-11)48(60)36(5)25-32)35(4)27-40-21-23-44(47(28-40)68-10)71-54(65)56-39(8)31-58/h12-14,17-18,26,32,34-36,38-42,44-47,49-50,58,61,66H,15-16,19-25,27-31H2,1-11H3,(H,56,65)/b14-12+,17-13-,33-18+,37-26+/t32-,34-,35-,36-,38-,39+,40?,41+,42+,44+,45+,46+,47+,49-,50+,55-/m1/s1. The Kier molecular flexibility index (Phi) is 24.0. The summed E-state index contributed by atoms with van der Waals surface area (Å²) < 4.78 is 35.4. The summed E-state index contributed by atoms with van der Waals surface area (Å²) in [7, 11) is 4.47. The Labute approximate surface area is 427 Å². The molecule has 0 radical (unpaired) electrons. The van der Waals surface area contributed by atoms with Gasteiger partial charge in [0.2, 0.25) is 5.79 Å². The molecule has 0 aromatic carbocycles. The molecule has 72 heavy (non-hydrogen) atoms. The highest BCUT2D eigenvalue weighted by Gasteiger charge is 2.53. The highest BCUT2D eigenvalue weighted by molar-refractivity contribution is 6.39. The number of ether oxygens (including phenoxy) is 6. The van der Waals surface area contributed by atoms with Crippen molar-refractivity contribution in [1.82, 2.24) is 10.2 Å². The average Bonchev–Trinajstić information content (AvgIpc) is 3.35. The maximum Gasteiger partial charge on any atom is 0.407 e. The normalized spacial score (nSPS) is 37.9. The second-order valence-corrected chi connectivity index (χ2v) is 21.2. The van der Waals surface area contributed by atoms with Crippen LogP contribution in [-0.4, -0.2) is 151 Å². The number of nitrogens with one attached hydrogen (secondary N) is 1. The van der Waals surface area contributed by atoms with Gasteiger partial charge in [0.25, 0.3) is 11.7 Å². The summed E-state index contributed by atoms with van der Waals surface area (Å²) in [6, 6.07) is -1.68. The lowest BCUT2D eigenvalue weighted by Gasteiger charge is -2.42. The molecule has 406 valence electrons. The van der Waals surface area contributed by atoms with Gasteiger partial charge < -0.3 is 54.0 Å². The number of esters is 1. The zero-order valence-electron chi connectivity index (χ0n) is 44.7. The van der Waals surface area contributed by atoms with Crippen molar-refractivity contribution in [3.8, 4) is 0 Å². The molecule has 4 N–H and O–H groups in total. The molecule has 17 nitrogen and oxygen atoms in total. The van der Waals surface area contributed by atoms with Gasteiger partial charge in [-0.2, -0.15) is 0 Å². The van der Waals surface area contributed by atoms with Gasteiger partial charge in [0.15, 0.2) is 5.78 Å². The molecule has 4 rings (SSSR count). The van der Waals surface area contributed by atoms with Crippen LogP contribution in [0.1, 0.15) is 132 Å². The topological polar surface area (TPSA) is 234 Å². The molecule has 0 spiro atoms. The minimum atomic E-state index is -2.46. The smallest absolute Gasteiger partial charge is 0.407 e. The third-order valence-corrected chi connectivity index (χ3v) is 15.3. The van der Waals surface area contributed by atoms with E-state index >= 15 is 0 Å². The van der Waals surface area contributed by atoms with Crippen LogP contribution in [0.15, 0.2) is 47.6 Å². The molecule has 0 aromatic rings. The molecular formula is C55H86N2O15. The summed E-state index contributed by atoms with van der Waals surface area (Å²) in [5, 5.41) is 35.5. The Morgan fingerprint density at radius 2 is 1.60 bits per heavy atom. The molecule has 1 saturated carbocycles. The number of carbonyl (C=O) groups is 6. The van der Waals surface area contributed by atoms with Crippen LogP contribution in [0, 0.1) is 35.5 Å². The highest BCUT2D eigenvalue weighted by atomic mass is 16.6. The van der Waals surface area contributed by atoms with E-state index in [4.69, 9.17) is 28.4 Å². The number of cyclic esters (lactones) is 1. The maximum atomic E-state index is 14.5. The van der Waals surface area contributed by atoms with Gasteiger partial charge in [-0.3, -0.25) is 19.2 Å². The van der Waals surface area contributed by atoms with Crippen LogP contribution in [0.25, 0.3) is 0 Å². The molecule has 2 amide bonds. The van der Waals surface area contributed by atoms with Gasteiger partial charge in [0, 0.05) is 58.5 Å². The van der Waals surface area contributed by atoms with Crippen molar-refractivity contribution in [1.29, 1.82) is 0 Å². The Balaban J connectivity index is 1.68. The van der Waals surface area contributed by atoms with E-state index in [9.17, 15) is 44.1 Å². The Bertz CT molecular complexity index is 1970.